The molecule has 0 N–H and O–H groups in total. The number of nitrogens with zero attached hydrogens (tertiary/aromatic N) is 3. The molecule has 1 fully saturated rings. The maximum atomic E-state index is 12.7. The van der Waals surface area contributed by atoms with E-state index >= 15 is 0 Å². The summed E-state index contributed by atoms with van der Waals surface area (Å²) in [7, 11) is 0. The molecule has 1 aliphatic carbocycles. The van der Waals surface area contributed by atoms with Crippen LogP contribution in [0.4, 0.5) is 0 Å². The first-order valence-electron chi connectivity index (χ1n) is 10.0. The molecule has 3 aliphatic rings. The summed E-state index contributed by atoms with van der Waals surface area (Å²) in [6, 6.07) is 9.49. The van der Waals surface area contributed by atoms with Gasteiger partial charge in [0.05, 0.1) is 17.3 Å². The fourth-order valence-electron chi connectivity index (χ4n) is 4.56. The predicted molar refractivity (Wildman–Crippen MR) is 112 cm³/mol. The van der Waals surface area contributed by atoms with Crippen LogP contribution < -0.4 is 0 Å². The highest BCUT2D eigenvalue weighted by atomic mass is 35.5. The van der Waals surface area contributed by atoms with E-state index in [-0.39, 0.29) is 6.04 Å². The minimum absolute atomic E-state index is 0.371. The van der Waals surface area contributed by atoms with Gasteiger partial charge in [0.2, 0.25) is 4.33 Å². The summed E-state index contributed by atoms with van der Waals surface area (Å²) in [4.78, 5) is 24.3. The summed E-state index contributed by atoms with van der Waals surface area (Å²) in [5.74, 6) is 0.602. The third-order valence-corrected chi connectivity index (χ3v) is 6.69. The lowest BCUT2D eigenvalue weighted by molar-refractivity contribution is -0.140. The number of aromatic nitrogens is 2. The Labute approximate surface area is 179 Å². The van der Waals surface area contributed by atoms with Gasteiger partial charge in [-0.2, -0.15) is 0 Å². The van der Waals surface area contributed by atoms with E-state index < -0.39 is 10.3 Å². The van der Waals surface area contributed by atoms with Gasteiger partial charge >= 0.3 is 5.97 Å². The SMILES string of the molecule is O=C1OC2=C(CCc3nc(-c4ccccc4)ncc32)C(N2CCCCC2)C1(Cl)Cl. The molecule has 7 heteroatoms. The summed E-state index contributed by atoms with van der Waals surface area (Å²) in [5, 5.41) is 0. The Morgan fingerprint density at radius 2 is 1.83 bits per heavy atom. The van der Waals surface area contributed by atoms with Gasteiger partial charge in [-0.15, -0.1) is 0 Å². The van der Waals surface area contributed by atoms with Crippen LogP contribution in [0, 0.1) is 0 Å². The largest absolute Gasteiger partial charge is 0.423 e. The number of alkyl halides is 2. The molecule has 1 atom stereocenters. The van der Waals surface area contributed by atoms with Gasteiger partial charge in [0.25, 0.3) is 0 Å². The van der Waals surface area contributed by atoms with E-state index in [2.05, 4.69) is 9.88 Å². The highest BCUT2D eigenvalue weighted by Gasteiger charge is 2.54. The second-order valence-electron chi connectivity index (χ2n) is 7.79. The number of benzene rings is 1. The van der Waals surface area contributed by atoms with Crippen molar-refractivity contribution < 1.29 is 9.53 Å². The number of aryl methyl sites for hydroxylation is 1. The van der Waals surface area contributed by atoms with Crippen LogP contribution in [0.2, 0.25) is 0 Å². The summed E-state index contributed by atoms with van der Waals surface area (Å²) in [6.07, 6.45) is 6.56. The van der Waals surface area contributed by atoms with Crippen molar-refractivity contribution in [2.75, 3.05) is 13.1 Å². The summed E-state index contributed by atoms with van der Waals surface area (Å²) in [6.45, 7) is 1.76. The molecule has 2 aliphatic heterocycles. The molecule has 0 saturated carbocycles. The third-order valence-electron chi connectivity index (χ3n) is 5.96. The minimum Gasteiger partial charge on any atom is -0.423 e. The zero-order chi connectivity index (χ0) is 20.0. The lowest BCUT2D eigenvalue weighted by Gasteiger charge is -2.45. The topological polar surface area (TPSA) is 55.3 Å². The summed E-state index contributed by atoms with van der Waals surface area (Å²) in [5.41, 5.74) is 3.60. The molecule has 150 valence electrons. The normalized spacial score (nSPS) is 23.9. The zero-order valence-electron chi connectivity index (χ0n) is 15.9. The Balaban J connectivity index is 1.58. The summed E-state index contributed by atoms with van der Waals surface area (Å²) >= 11 is 13.1. The van der Waals surface area contributed by atoms with Crippen LogP contribution in [0.5, 0.6) is 0 Å². The maximum absolute atomic E-state index is 12.7. The highest BCUT2D eigenvalue weighted by molar-refractivity contribution is 6.58. The van der Waals surface area contributed by atoms with E-state index in [0.717, 1.165) is 54.7 Å². The number of esters is 1. The van der Waals surface area contributed by atoms with Crippen molar-refractivity contribution in [3.05, 3.63) is 53.4 Å². The first kappa shape index (κ1) is 19.0. The molecule has 2 aromatic rings. The number of hydrogen-bond donors (Lipinski definition) is 0. The number of piperidine rings is 1. The van der Waals surface area contributed by atoms with Crippen LogP contribution in [0.25, 0.3) is 17.1 Å². The van der Waals surface area contributed by atoms with Crippen molar-refractivity contribution in [1.82, 2.24) is 14.9 Å². The van der Waals surface area contributed by atoms with Crippen LogP contribution in [0.15, 0.2) is 42.1 Å². The van der Waals surface area contributed by atoms with Crippen molar-refractivity contribution in [2.45, 2.75) is 42.5 Å². The van der Waals surface area contributed by atoms with Crippen LogP contribution in [0.3, 0.4) is 0 Å². The predicted octanol–water partition coefficient (Wildman–Crippen LogP) is 4.39. The van der Waals surface area contributed by atoms with Crippen molar-refractivity contribution in [3.63, 3.8) is 0 Å². The first-order chi connectivity index (χ1) is 14.1. The van der Waals surface area contributed by atoms with Crippen LogP contribution in [0.1, 0.15) is 36.9 Å². The monoisotopic (exact) mass is 429 g/mol. The number of ether oxygens (including phenoxy) is 1. The molecule has 0 bridgehead atoms. The van der Waals surface area contributed by atoms with Gasteiger partial charge in [-0.05, 0) is 44.3 Å². The van der Waals surface area contributed by atoms with Gasteiger partial charge in [0.1, 0.15) is 5.76 Å². The molecular weight excluding hydrogens is 409 g/mol. The number of halogens is 2. The zero-order valence-corrected chi connectivity index (χ0v) is 17.4. The van der Waals surface area contributed by atoms with E-state index in [0.29, 0.717) is 18.0 Å². The van der Waals surface area contributed by atoms with Crippen molar-refractivity contribution >= 4 is 34.9 Å². The quantitative estimate of drug-likeness (QED) is 0.523. The van der Waals surface area contributed by atoms with E-state index in [1.54, 1.807) is 6.20 Å². The van der Waals surface area contributed by atoms with Crippen LogP contribution in [-0.2, 0) is 16.0 Å². The van der Waals surface area contributed by atoms with Crippen molar-refractivity contribution in [3.8, 4) is 11.4 Å². The van der Waals surface area contributed by atoms with Crippen LogP contribution >= 0.6 is 23.2 Å². The van der Waals surface area contributed by atoms with Crippen molar-refractivity contribution in [1.29, 1.82) is 0 Å². The average molecular weight is 430 g/mol. The lowest BCUT2D eigenvalue weighted by Crippen LogP contribution is -2.56. The Hall–Kier alpha value is -1.95. The number of carbonyl (C=O) groups excluding carboxylic acids is 1. The van der Waals surface area contributed by atoms with Crippen molar-refractivity contribution in [2.24, 2.45) is 0 Å². The Kier molecular flexibility index (Phi) is 4.85. The number of rotatable bonds is 2. The number of carbonyl (C=O) groups is 1. The lowest BCUT2D eigenvalue weighted by atomic mass is 9.85. The molecule has 1 saturated heterocycles. The minimum atomic E-state index is -1.60. The number of likely N-dealkylation sites (tertiary alicyclic amines) is 1. The molecule has 1 unspecified atom stereocenters. The van der Waals surface area contributed by atoms with Crippen LogP contribution in [-0.4, -0.2) is 44.3 Å². The Morgan fingerprint density at radius 1 is 1.07 bits per heavy atom. The summed E-state index contributed by atoms with van der Waals surface area (Å²) < 4.78 is 4.07. The number of fused-ring (bicyclic) bond motifs is 2. The van der Waals surface area contributed by atoms with E-state index in [1.807, 2.05) is 30.3 Å². The molecule has 0 spiro atoms. The second kappa shape index (κ2) is 7.38. The Bertz CT molecular complexity index is 985. The molecule has 1 aromatic carbocycles. The van der Waals surface area contributed by atoms with E-state index in [1.165, 1.54) is 6.42 Å². The van der Waals surface area contributed by atoms with Gasteiger partial charge in [-0.3, -0.25) is 4.90 Å². The molecule has 0 radical (unpaired) electrons. The fraction of sp³-hybridized carbons (Fsp3) is 0.409. The smallest absolute Gasteiger partial charge is 0.350 e. The van der Waals surface area contributed by atoms with E-state index in [9.17, 15) is 4.79 Å². The standard InChI is InChI=1S/C22H21Cl2N3O2/c23-22(24)19(27-11-5-2-6-12-27)15-9-10-17-16(18(15)29-21(22)28)13-25-20(26-17)14-7-3-1-4-8-14/h1,3-4,7-8,13,19H,2,5-6,9-12H2. The first-order valence-corrected chi connectivity index (χ1v) is 10.8. The molecule has 0 amide bonds. The molecule has 5 nitrogen and oxygen atoms in total. The van der Waals surface area contributed by atoms with E-state index in [4.69, 9.17) is 32.9 Å². The number of hydrogen-bond acceptors (Lipinski definition) is 5. The van der Waals surface area contributed by atoms with Gasteiger partial charge in [0, 0.05) is 11.8 Å². The second-order valence-corrected chi connectivity index (χ2v) is 9.17. The van der Waals surface area contributed by atoms with Gasteiger partial charge in [-0.25, -0.2) is 14.8 Å². The van der Waals surface area contributed by atoms with Gasteiger partial charge in [-0.1, -0.05) is 60.0 Å². The molecule has 1 aromatic heterocycles. The maximum Gasteiger partial charge on any atom is 0.350 e. The Morgan fingerprint density at radius 3 is 2.59 bits per heavy atom. The third kappa shape index (κ3) is 3.25. The fourth-order valence-corrected chi connectivity index (χ4v) is 5.18. The molecular formula is C22H21Cl2N3O2. The molecule has 3 heterocycles. The van der Waals surface area contributed by atoms with Gasteiger partial charge in [0.15, 0.2) is 5.82 Å². The molecule has 29 heavy (non-hydrogen) atoms. The highest BCUT2D eigenvalue weighted by Crippen LogP contribution is 2.47. The molecule has 5 rings (SSSR count). The average Bonchev–Trinajstić information content (AvgIpc) is 2.75. The van der Waals surface area contributed by atoms with Gasteiger partial charge < -0.3 is 4.74 Å².